The molecular formula is C32H58O3Si2. The molecule has 0 aromatic carbocycles. The minimum Gasteiger partial charge on any atom is -0.413 e. The molecule has 2 unspecified atom stereocenters. The van der Waals surface area contributed by atoms with Crippen molar-refractivity contribution in [3.63, 3.8) is 0 Å². The third kappa shape index (κ3) is 5.76. The first-order valence-electron chi connectivity index (χ1n) is 15.0. The third-order valence-corrected chi connectivity index (χ3v) is 20.5. The SMILES string of the molecule is C=CC1(O)C(C)[C@@H]2[C@@H](C#C[C@@](C)(O[Si](C)(C)C(C)(C)C)C3CCCC3)[C@H](O[Si](C)(C)C(C)(C)C)CC[C@@H]21. The first-order chi connectivity index (χ1) is 16.7. The summed E-state index contributed by atoms with van der Waals surface area (Å²) < 4.78 is 14.3. The molecule has 212 valence electrons. The first-order valence-corrected chi connectivity index (χ1v) is 20.8. The van der Waals surface area contributed by atoms with Crippen LogP contribution in [0.3, 0.4) is 0 Å². The topological polar surface area (TPSA) is 38.7 Å². The fraction of sp³-hybridized carbons (Fsp3) is 0.875. The molecule has 7 atom stereocenters. The summed E-state index contributed by atoms with van der Waals surface area (Å²) >= 11 is 0. The summed E-state index contributed by atoms with van der Waals surface area (Å²) in [5.41, 5.74) is -1.21. The van der Waals surface area contributed by atoms with Crippen LogP contribution in [0.1, 0.15) is 93.9 Å². The zero-order valence-electron chi connectivity index (χ0n) is 26.3. The number of hydrogen-bond acceptors (Lipinski definition) is 3. The maximum absolute atomic E-state index is 11.4. The van der Waals surface area contributed by atoms with E-state index in [0.29, 0.717) is 11.8 Å². The van der Waals surface area contributed by atoms with Crippen molar-refractivity contribution in [1.82, 2.24) is 0 Å². The van der Waals surface area contributed by atoms with Crippen LogP contribution >= 0.6 is 0 Å². The van der Waals surface area contributed by atoms with Crippen molar-refractivity contribution in [1.29, 1.82) is 0 Å². The molecule has 3 nitrogen and oxygen atoms in total. The minimum absolute atomic E-state index is 0.117. The van der Waals surface area contributed by atoms with E-state index >= 15 is 0 Å². The Morgan fingerprint density at radius 2 is 1.43 bits per heavy atom. The lowest BCUT2D eigenvalue weighted by molar-refractivity contribution is -0.199. The van der Waals surface area contributed by atoms with Gasteiger partial charge in [0.15, 0.2) is 16.6 Å². The van der Waals surface area contributed by atoms with Crippen molar-refractivity contribution in [3.8, 4) is 11.8 Å². The van der Waals surface area contributed by atoms with Crippen molar-refractivity contribution < 1.29 is 14.0 Å². The van der Waals surface area contributed by atoms with Crippen molar-refractivity contribution in [3.05, 3.63) is 12.7 Å². The lowest BCUT2D eigenvalue weighted by atomic mass is 9.46. The van der Waals surface area contributed by atoms with Crippen molar-refractivity contribution in [2.24, 2.45) is 29.6 Å². The number of hydrogen-bond donors (Lipinski definition) is 1. The lowest BCUT2D eigenvalue weighted by Gasteiger charge is -2.62. The fourth-order valence-electron chi connectivity index (χ4n) is 6.75. The normalized spacial score (nSPS) is 35.1. The predicted octanol–water partition coefficient (Wildman–Crippen LogP) is 8.56. The van der Waals surface area contributed by atoms with Crippen LogP contribution < -0.4 is 0 Å². The van der Waals surface area contributed by atoms with Crippen LogP contribution in [0.2, 0.25) is 36.3 Å². The molecule has 0 bridgehead atoms. The molecule has 3 saturated carbocycles. The molecule has 1 N–H and O–H groups in total. The molecule has 5 heteroatoms. The van der Waals surface area contributed by atoms with Gasteiger partial charge >= 0.3 is 0 Å². The Morgan fingerprint density at radius 3 is 1.92 bits per heavy atom. The van der Waals surface area contributed by atoms with Gasteiger partial charge in [0.2, 0.25) is 0 Å². The maximum Gasteiger partial charge on any atom is 0.194 e. The van der Waals surface area contributed by atoms with Gasteiger partial charge in [0.1, 0.15) is 5.60 Å². The standard InChI is InChI=1S/C32H58O3Si2/c1-14-32(33)23(2)28-25(27(20-19-26(28)32)34-36(10,11)29(3,4)5)21-22-31(9,24-17-15-16-18-24)35-37(12,13)30(6,7)8/h14,23-28,33H,1,15-20H2,2-13H3/t23?,25-,26-,27+,28+,31+,32?/m0/s1. The van der Waals surface area contributed by atoms with E-state index in [1.165, 1.54) is 25.7 Å². The number of aliphatic hydroxyl groups is 1. The molecule has 0 radical (unpaired) electrons. The van der Waals surface area contributed by atoms with Gasteiger partial charge in [-0.3, -0.25) is 0 Å². The molecule has 0 aromatic rings. The highest BCUT2D eigenvalue weighted by molar-refractivity contribution is 6.74. The van der Waals surface area contributed by atoms with E-state index < -0.39 is 27.8 Å². The van der Waals surface area contributed by atoms with Crippen LogP contribution in [-0.2, 0) is 8.85 Å². The van der Waals surface area contributed by atoms with Crippen molar-refractivity contribution in [2.45, 2.75) is 147 Å². The summed E-state index contributed by atoms with van der Waals surface area (Å²) in [7, 11) is -3.98. The summed E-state index contributed by atoms with van der Waals surface area (Å²) in [6.07, 6.45) is 8.80. The smallest absolute Gasteiger partial charge is 0.194 e. The Morgan fingerprint density at radius 1 is 0.892 bits per heavy atom. The van der Waals surface area contributed by atoms with E-state index in [1.54, 1.807) is 6.08 Å². The summed E-state index contributed by atoms with van der Waals surface area (Å²) in [6, 6.07) is 0. The average Bonchev–Trinajstić information content (AvgIpc) is 3.31. The minimum atomic E-state index is -2.01. The average molecular weight is 547 g/mol. The van der Waals surface area contributed by atoms with Gasteiger partial charge in [-0.25, -0.2) is 0 Å². The van der Waals surface area contributed by atoms with E-state index in [1.807, 2.05) is 0 Å². The highest BCUT2D eigenvalue weighted by atomic mass is 28.4. The molecule has 3 aliphatic rings. The molecule has 3 rings (SSSR count). The van der Waals surface area contributed by atoms with Crippen molar-refractivity contribution in [2.75, 3.05) is 0 Å². The second-order valence-electron chi connectivity index (χ2n) is 15.8. The molecule has 0 spiro atoms. The molecule has 0 saturated heterocycles. The van der Waals surface area contributed by atoms with Gasteiger partial charge in [-0.05, 0) is 92.5 Å². The van der Waals surface area contributed by atoms with Crippen LogP contribution in [0.25, 0.3) is 0 Å². The van der Waals surface area contributed by atoms with Gasteiger partial charge in [-0.1, -0.05) is 79.2 Å². The van der Waals surface area contributed by atoms with Gasteiger partial charge < -0.3 is 14.0 Å². The molecular weight excluding hydrogens is 489 g/mol. The van der Waals surface area contributed by atoms with Crippen LogP contribution in [0.5, 0.6) is 0 Å². The first kappa shape index (κ1) is 31.1. The highest BCUT2D eigenvalue weighted by Crippen LogP contribution is 2.59. The van der Waals surface area contributed by atoms with E-state index in [2.05, 4.69) is 100.0 Å². The fourth-order valence-corrected chi connectivity index (χ4v) is 9.71. The van der Waals surface area contributed by atoms with Gasteiger partial charge in [0, 0.05) is 5.92 Å². The summed E-state index contributed by atoms with van der Waals surface area (Å²) in [5, 5.41) is 11.7. The Balaban J connectivity index is 2.03. The highest BCUT2D eigenvalue weighted by Gasteiger charge is 2.62. The van der Waals surface area contributed by atoms with Crippen molar-refractivity contribution >= 4 is 16.6 Å². The zero-order valence-corrected chi connectivity index (χ0v) is 28.3. The zero-order chi connectivity index (χ0) is 28.2. The molecule has 0 aromatic heterocycles. The Hall–Kier alpha value is -0.386. The summed E-state index contributed by atoms with van der Waals surface area (Å²) in [5.74, 6) is 8.98. The second kappa shape index (κ2) is 10.2. The van der Waals surface area contributed by atoms with Gasteiger partial charge in [0.25, 0.3) is 0 Å². The van der Waals surface area contributed by atoms with Crippen LogP contribution in [0, 0.1) is 41.4 Å². The Bertz CT molecular complexity index is 896. The van der Waals surface area contributed by atoms with E-state index in [-0.39, 0.29) is 33.9 Å². The van der Waals surface area contributed by atoms with Crippen LogP contribution in [-0.4, -0.2) is 39.0 Å². The third-order valence-electron chi connectivity index (χ3n) is 11.4. The molecule has 0 amide bonds. The number of fused-ring (bicyclic) bond motifs is 1. The number of rotatable bonds is 6. The lowest BCUT2D eigenvalue weighted by Crippen LogP contribution is -2.66. The molecule has 3 fully saturated rings. The van der Waals surface area contributed by atoms with Crippen LogP contribution in [0.15, 0.2) is 12.7 Å². The van der Waals surface area contributed by atoms with E-state index in [0.717, 1.165) is 12.8 Å². The van der Waals surface area contributed by atoms with Crippen LogP contribution in [0.4, 0.5) is 0 Å². The predicted molar refractivity (Wildman–Crippen MR) is 163 cm³/mol. The summed E-state index contributed by atoms with van der Waals surface area (Å²) in [4.78, 5) is 0. The Labute approximate surface area is 231 Å². The quantitative estimate of drug-likeness (QED) is 0.206. The molecule has 3 aliphatic carbocycles. The largest absolute Gasteiger partial charge is 0.413 e. The molecule has 37 heavy (non-hydrogen) atoms. The second-order valence-corrected chi connectivity index (χ2v) is 25.3. The van der Waals surface area contributed by atoms with E-state index in [9.17, 15) is 5.11 Å². The van der Waals surface area contributed by atoms with Gasteiger partial charge in [-0.15, -0.1) is 6.58 Å². The monoisotopic (exact) mass is 546 g/mol. The maximum atomic E-state index is 11.4. The summed E-state index contributed by atoms with van der Waals surface area (Å²) in [6.45, 7) is 31.8. The Kier molecular flexibility index (Phi) is 8.60. The van der Waals surface area contributed by atoms with Gasteiger partial charge in [-0.2, -0.15) is 0 Å². The van der Waals surface area contributed by atoms with E-state index in [4.69, 9.17) is 8.85 Å². The molecule has 0 heterocycles. The molecule has 0 aliphatic heterocycles. The van der Waals surface area contributed by atoms with Gasteiger partial charge in [0.05, 0.1) is 11.7 Å².